The van der Waals surface area contributed by atoms with E-state index < -0.39 is 29.2 Å². The average Bonchev–Trinajstić information content (AvgIpc) is 2.15. The summed E-state index contributed by atoms with van der Waals surface area (Å²) in [5.41, 5.74) is 0. The molecule has 0 saturated heterocycles. The van der Waals surface area contributed by atoms with Crippen molar-refractivity contribution in [3.8, 4) is 0 Å². The minimum atomic E-state index is -4.38. The van der Waals surface area contributed by atoms with Crippen molar-refractivity contribution in [2.45, 2.75) is 17.5 Å². The first kappa shape index (κ1) is 14.5. The summed E-state index contributed by atoms with van der Waals surface area (Å²) in [6, 6.07) is 5.73. The van der Waals surface area contributed by atoms with Gasteiger partial charge in [0.05, 0.1) is 11.3 Å². The molecule has 0 aliphatic heterocycles. The number of benzene rings is 1. The van der Waals surface area contributed by atoms with Crippen molar-refractivity contribution in [1.82, 2.24) is 4.72 Å². The van der Waals surface area contributed by atoms with Gasteiger partial charge in [0.25, 0.3) is 0 Å². The van der Waals surface area contributed by atoms with E-state index in [1.54, 1.807) is 6.07 Å². The van der Waals surface area contributed by atoms with Crippen molar-refractivity contribution in [2.24, 2.45) is 0 Å². The highest BCUT2D eigenvalue weighted by molar-refractivity contribution is 9.10. The van der Waals surface area contributed by atoms with Crippen molar-refractivity contribution < 1.29 is 21.6 Å². The first-order chi connectivity index (χ1) is 7.71. The molecule has 1 aromatic rings. The van der Waals surface area contributed by atoms with E-state index in [0.717, 1.165) is 0 Å². The van der Waals surface area contributed by atoms with Crippen LogP contribution in [0.5, 0.6) is 0 Å². The van der Waals surface area contributed by atoms with Crippen molar-refractivity contribution in [1.29, 1.82) is 0 Å². The minimum absolute atomic E-state index is 0.0750. The Balaban J connectivity index is 2.70. The van der Waals surface area contributed by atoms with E-state index in [4.69, 9.17) is 0 Å². The molecule has 96 valence electrons. The maximum atomic E-state index is 11.9. The van der Waals surface area contributed by atoms with Gasteiger partial charge in [0.2, 0.25) is 10.0 Å². The van der Waals surface area contributed by atoms with E-state index in [0.29, 0.717) is 4.47 Å². The first-order valence-corrected chi connectivity index (χ1v) is 6.80. The van der Waals surface area contributed by atoms with E-state index in [-0.39, 0.29) is 4.90 Å². The summed E-state index contributed by atoms with van der Waals surface area (Å²) in [6.07, 6.45) is -5.57. The Hall–Kier alpha value is -0.600. The van der Waals surface area contributed by atoms with Gasteiger partial charge < -0.3 is 0 Å². The predicted octanol–water partition coefficient (Wildman–Crippen LogP) is 2.68. The third kappa shape index (κ3) is 5.05. The van der Waals surface area contributed by atoms with E-state index >= 15 is 0 Å². The Morgan fingerprint density at radius 2 is 1.94 bits per heavy atom. The summed E-state index contributed by atoms with van der Waals surface area (Å²) in [4.78, 5) is -0.0750. The zero-order valence-electron chi connectivity index (χ0n) is 8.46. The molecule has 0 heterocycles. The fourth-order valence-corrected chi connectivity index (χ4v) is 2.67. The summed E-state index contributed by atoms with van der Waals surface area (Å²) in [6.45, 7) is -0.668. The lowest BCUT2D eigenvalue weighted by Gasteiger charge is -2.08. The molecule has 0 spiro atoms. The molecule has 1 rings (SSSR count). The van der Waals surface area contributed by atoms with Crippen LogP contribution in [0.3, 0.4) is 0 Å². The van der Waals surface area contributed by atoms with Gasteiger partial charge in [-0.2, -0.15) is 13.2 Å². The molecule has 0 unspecified atom stereocenters. The van der Waals surface area contributed by atoms with Crippen LogP contribution in [0.4, 0.5) is 13.2 Å². The van der Waals surface area contributed by atoms with E-state index in [9.17, 15) is 21.6 Å². The van der Waals surface area contributed by atoms with Gasteiger partial charge in [-0.25, -0.2) is 13.1 Å². The molecule has 8 heteroatoms. The predicted molar refractivity (Wildman–Crippen MR) is 60.0 cm³/mol. The lowest BCUT2D eigenvalue weighted by atomic mass is 10.4. The van der Waals surface area contributed by atoms with E-state index in [2.05, 4.69) is 15.9 Å². The molecular weight excluding hydrogens is 323 g/mol. The van der Waals surface area contributed by atoms with Gasteiger partial charge in [-0.05, 0) is 18.2 Å². The second kappa shape index (κ2) is 5.36. The van der Waals surface area contributed by atoms with Crippen LogP contribution in [0.2, 0.25) is 0 Å². The van der Waals surface area contributed by atoms with Crippen LogP contribution in [0.15, 0.2) is 33.6 Å². The van der Waals surface area contributed by atoms with Gasteiger partial charge >= 0.3 is 6.18 Å². The molecule has 17 heavy (non-hydrogen) atoms. The molecule has 1 N–H and O–H groups in total. The summed E-state index contributed by atoms with van der Waals surface area (Å²) in [7, 11) is -3.89. The van der Waals surface area contributed by atoms with E-state index in [1.807, 2.05) is 4.72 Å². The van der Waals surface area contributed by atoms with Crippen LogP contribution < -0.4 is 4.72 Å². The molecule has 0 aromatic heterocycles. The second-order valence-electron chi connectivity index (χ2n) is 3.22. The van der Waals surface area contributed by atoms with Crippen LogP contribution in [-0.4, -0.2) is 21.1 Å². The summed E-state index contributed by atoms with van der Waals surface area (Å²) >= 11 is 3.08. The molecule has 0 radical (unpaired) electrons. The molecule has 0 saturated carbocycles. The molecule has 0 aliphatic carbocycles. The SMILES string of the molecule is O=S(=O)(NCCC(F)(F)F)c1cccc(Br)c1. The Bertz CT molecular complexity index is 487. The number of hydrogen-bond donors (Lipinski definition) is 1. The van der Waals surface area contributed by atoms with E-state index in [1.165, 1.54) is 18.2 Å². The molecule has 0 amide bonds. The number of nitrogens with one attached hydrogen (secondary N) is 1. The monoisotopic (exact) mass is 331 g/mol. The smallest absolute Gasteiger partial charge is 0.211 e. The molecule has 1 aromatic carbocycles. The van der Waals surface area contributed by atoms with Crippen molar-refractivity contribution >= 4 is 26.0 Å². The topological polar surface area (TPSA) is 46.2 Å². The lowest BCUT2D eigenvalue weighted by Crippen LogP contribution is -2.28. The largest absolute Gasteiger partial charge is 0.390 e. The maximum absolute atomic E-state index is 11.9. The Morgan fingerprint density at radius 1 is 1.29 bits per heavy atom. The number of hydrogen-bond acceptors (Lipinski definition) is 2. The van der Waals surface area contributed by atoms with Gasteiger partial charge in [-0.15, -0.1) is 0 Å². The van der Waals surface area contributed by atoms with Crippen LogP contribution in [0.1, 0.15) is 6.42 Å². The zero-order valence-corrected chi connectivity index (χ0v) is 10.9. The molecule has 0 fully saturated rings. The van der Waals surface area contributed by atoms with Crippen LogP contribution in [-0.2, 0) is 10.0 Å². The lowest BCUT2D eigenvalue weighted by molar-refractivity contribution is -0.132. The van der Waals surface area contributed by atoms with Crippen LogP contribution >= 0.6 is 15.9 Å². The van der Waals surface area contributed by atoms with Crippen molar-refractivity contribution in [2.75, 3.05) is 6.54 Å². The first-order valence-electron chi connectivity index (χ1n) is 4.53. The highest BCUT2D eigenvalue weighted by atomic mass is 79.9. The van der Waals surface area contributed by atoms with Gasteiger partial charge in [0.15, 0.2) is 0 Å². The average molecular weight is 332 g/mol. The fraction of sp³-hybridized carbons (Fsp3) is 0.333. The number of alkyl halides is 3. The normalized spacial score (nSPS) is 12.7. The Morgan fingerprint density at radius 3 is 2.47 bits per heavy atom. The highest BCUT2D eigenvalue weighted by Gasteiger charge is 2.27. The third-order valence-corrected chi connectivity index (χ3v) is 3.76. The number of halogens is 4. The minimum Gasteiger partial charge on any atom is -0.211 e. The van der Waals surface area contributed by atoms with Gasteiger partial charge in [-0.1, -0.05) is 22.0 Å². The molecule has 3 nitrogen and oxygen atoms in total. The molecule has 0 atom stereocenters. The van der Waals surface area contributed by atoms with Crippen molar-refractivity contribution in [3.05, 3.63) is 28.7 Å². The Labute approximate surface area is 105 Å². The van der Waals surface area contributed by atoms with Crippen LogP contribution in [0, 0.1) is 0 Å². The fourth-order valence-electron chi connectivity index (χ4n) is 1.04. The highest BCUT2D eigenvalue weighted by Crippen LogP contribution is 2.19. The van der Waals surface area contributed by atoms with Gasteiger partial charge in [-0.3, -0.25) is 0 Å². The summed E-state index contributed by atoms with van der Waals surface area (Å²) < 4.78 is 61.1. The molecule has 0 bridgehead atoms. The number of sulfonamides is 1. The van der Waals surface area contributed by atoms with Gasteiger partial charge in [0, 0.05) is 11.0 Å². The van der Waals surface area contributed by atoms with Crippen LogP contribution in [0.25, 0.3) is 0 Å². The standard InChI is InChI=1S/C9H9BrF3NO2S/c10-7-2-1-3-8(6-7)17(15,16)14-5-4-9(11,12)13/h1-3,6,14H,4-5H2. The van der Waals surface area contributed by atoms with Gasteiger partial charge in [0.1, 0.15) is 0 Å². The second-order valence-corrected chi connectivity index (χ2v) is 5.90. The Kier molecular flexibility index (Phi) is 4.56. The number of rotatable bonds is 4. The summed E-state index contributed by atoms with van der Waals surface area (Å²) in [5.74, 6) is 0. The molecular formula is C9H9BrF3NO2S. The molecule has 0 aliphatic rings. The maximum Gasteiger partial charge on any atom is 0.390 e. The zero-order chi connectivity index (χ0) is 13.1. The third-order valence-electron chi connectivity index (χ3n) is 1.81. The quantitative estimate of drug-likeness (QED) is 0.922. The van der Waals surface area contributed by atoms with Crippen molar-refractivity contribution in [3.63, 3.8) is 0 Å². The summed E-state index contributed by atoms with van der Waals surface area (Å²) in [5, 5.41) is 0.